The fourth-order valence-corrected chi connectivity index (χ4v) is 2.28. The molecule has 2 rings (SSSR count). The number of methoxy groups -OCH3 is 1. The van der Waals surface area contributed by atoms with Crippen LogP contribution in [-0.2, 0) is 11.2 Å². The predicted molar refractivity (Wildman–Crippen MR) is 92.1 cm³/mol. The Kier molecular flexibility index (Phi) is 6.84. The molecule has 23 heavy (non-hydrogen) atoms. The van der Waals surface area contributed by atoms with Crippen LogP contribution in [0.5, 0.6) is 0 Å². The van der Waals surface area contributed by atoms with Crippen LogP contribution in [0.15, 0.2) is 42.6 Å². The number of ether oxygens (including phenoxy) is 1. The molecule has 0 bridgehead atoms. The molecule has 0 aliphatic rings. The van der Waals surface area contributed by atoms with Crippen LogP contribution in [-0.4, -0.2) is 37.7 Å². The molecule has 1 heterocycles. The highest BCUT2D eigenvalue weighted by molar-refractivity contribution is 6.30. The zero-order valence-corrected chi connectivity index (χ0v) is 13.8. The number of rotatable bonds is 8. The van der Waals surface area contributed by atoms with Gasteiger partial charge in [0.15, 0.2) is 0 Å². The van der Waals surface area contributed by atoms with Crippen molar-refractivity contribution in [1.29, 1.82) is 0 Å². The lowest BCUT2D eigenvalue weighted by Crippen LogP contribution is -2.27. The van der Waals surface area contributed by atoms with Gasteiger partial charge in [-0.15, -0.1) is 0 Å². The summed E-state index contributed by atoms with van der Waals surface area (Å²) in [5, 5.41) is 6.73. The largest absolute Gasteiger partial charge is 0.383 e. The molecule has 1 amide bonds. The third-order valence-electron chi connectivity index (χ3n) is 3.22. The van der Waals surface area contributed by atoms with Crippen molar-refractivity contribution < 1.29 is 9.53 Å². The van der Waals surface area contributed by atoms with Crippen LogP contribution >= 0.6 is 11.6 Å². The van der Waals surface area contributed by atoms with Gasteiger partial charge < -0.3 is 15.4 Å². The van der Waals surface area contributed by atoms with Crippen LogP contribution < -0.4 is 10.6 Å². The van der Waals surface area contributed by atoms with Crippen molar-refractivity contribution in [2.75, 3.05) is 32.1 Å². The van der Waals surface area contributed by atoms with Crippen molar-refractivity contribution in [3.8, 4) is 0 Å². The second-order valence-corrected chi connectivity index (χ2v) is 5.42. The minimum Gasteiger partial charge on any atom is -0.383 e. The Bertz CT molecular complexity index is 649. The lowest BCUT2D eigenvalue weighted by molar-refractivity contribution is 0.0937. The first-order valence-corrected chi connectivity index (χ1v) is 7.78. The number of benzene rings is 1. The molecular formula is C17H20ClN3O2. The van der Waals surface area contributed by atoms with Gasteiger partial charge in [0.2, 0.25) is 0 Å². The van der Waals surface area contributed by atoms with E-state index in [4.69, 9.17) is 16.3 Å². The van der Waals surface area contributed by atoms with Gasteiger partial charge in [0.05, 0.1) is 6.61 Å². The molecule has 0 spiro atoms. The van der Waals surface area contributed by atoms with Gasteiger partial charge in [-0.2, -0.15) is 0 Å². The molecule has 0 saturated heterocycles. The van der Waals surface area contributed by atoms with Crippen molar-refractivity contribution >= 4 is 23.3 Å². The number of amides is 1. The molecule has 5 nitrogen and oxygen atoms in total. The van der Waals surface area contributed by atoms with E-state index in [1.54, 1.807) is 25.4 Å². The standard InChI is InChI=1S/C17H20ClN3O2/c1-23-10-9-21-17(22)14-6-8-20-16(12-14)19-7-5-13-3-2-4-15(18)11-13/h2-4,6,8,11-12H,5,7,9-10H2,1H3,(H,19,20)(H,21,22). The molecule has 0 fully saturated rings. The molecule has 0 aliphatic heterocycles. The van der Waals surface area contributed by atoms with E-state index in [0.717, 1.165) is 17.0 Å². The van der Waals surface area contributed by atoms with Crippen molar-refractivity contribution in [1.82, 2.24) is 10.3 Å². The summed E-state index contributed by atoms with van der Waals surface area (Å²) in [5.74, 6) is 0.536. The highest BCUT2D eigenvalue weighted by Gasteiger charge is 2.06. The second kappa shape index (κ2) is 9.12. The molecule has 1 aromatic heterocycles. The van der Waals surface area contributed by atoms with Crippen LogP contribution in [0.25, 0.3) is 0 Å². The molecule has 0 saturated carbocycles. The van der Waals surface area contributed by atoms with Gasteiger partial charge in [-0.3, -0.25) is 4.79 Å². The maximum Gasteiger partial charge on any atom is 0.251 e. The maximum absolute atomic E-state index is 12.0. The Labute approximate surface area is 141 Å². The van der Waals surface area contributed by atoms with Gasteiger partial charge in [0, 0.05) is 37.0 Å². The fraction of sp³-hybridized carbons (Fsp3) is 0.294. The zero-order valence-electron chi connectivity index (χ0n) is 13.0. The van der Waals surface area contributed by atoms with Gasteiger partial charge in [-0.1, -0.05) is 23.7 Å². The van der Waals surface area contributed by atoms with E-state index in [1.165, 1.54) is 0 Å². The molecule has 0 atom stereocenters. The van der Waals surface area contributed by atoms with E-state index < -0.39 is 0 Å². The lowest BCUT2D eigenvalue weighted by atomic mass is 10.1. The summed E-state index contributed by atoms with van der Waals surface area (Å²) in [6.07, 6.45) is 2.44. The number of aromatic nitrogens is 1. The Balaban J connectivity index is 1.86. The maximum atomic E-state index is 12.0. The van der Waals surface area contributed by atoms with Gasteiger partial charge in [0.1, 0.15) is 5.82 Å². The number of nitrogens with one attached hydrogen (secondary N) is 2. The number of carbonyl (C=O) groups excluding carboxylic acids is 1. The monoisotopic (exact) mass is 333 g/mol. The molecule has 0 radical (unpaired) electrons. The van der Waals surface area contributed by atoms with Gasteiger partial charge in [-0.05, 0) is 36.2 Å². The quantitative estimate of drug-likeness (QED) is 0.729. The molecule has 2 aromatic rings. The molecule has 122 valence electrons. The number of hydrogen-bond donors (Lipinski definition) is 2. The van der Waals surface area contributed by atoms with Crippen LogP contribution in [0.3, 0.4) is 0 Å². The number of anilines is 1. The summed E-state index contributed by atoms with van der Waals surface area (Å²) >= 11 is 5.96. The number of halogens is 1. The van der Waals surface area contributed by atoms with E-state index in [0.29, 0.717) is 31.1 Å². The van der Waals surface area contributed by atoms with Crippen molar-refractivity contribution in [3.05, 3.63) is 58.7 Å². The Morgan fingerprint density at radius 2 is 2.13 bits per heavy atom. The third-order valence-corrected chi connectivity index (χ3v) is 3.46. The highest BCUT2D eigenvalue weighted by Crippen LogP contribution is 2.12. The van der Waals surface area contributed by atoms with E-state index in [-0.39, 0.29) is 5.91 Å². The molecule has 2 N–H and O–H groups in total. The smallest absolute Gasteiger partial charge is 0.251 e. The van der Waals surface area contributed by atoms with Gasteiger partial charge >= 0.3 is 0 Å². The fourth-order valence-electron chi connectivity index (χ4n) is 2.06. The molecule has 1 aromatic carbocycles. The van der Waals surface area contributed by atoms with Crippen molar-refractivity contribution in [2.24, 2.45) is 0 Å². The van der Waals surface area contributed by atoms with Crippen molar-refractivity contribution in [3.63, 3.8) is 0 Å². The predicted octanol–water partition coefficient (Wildman–Crippen LogP) is 2.77. The van der Waals surface area contributed by atoms with Crippen LogP contribution in [0.4, 0.5) is 5.82 Å². The molecule has 0 aliphatic carbocycles. The average molecular weight is 334 g/mol. The summed E-state index contributed by atoms with van der Waals surface area (Å²) < 4.78 is 4.91. The average Bonchev–Trinajstić information content (AvgIpc) is 2.55. The van der Waals surface area contributed by atoms with Crippen molar-refractivity contribution in [2.45, 2.75) is 6.42 Å². The summed E-state index contributed by atoms with van der Waals surface area (Å²) in [4.78, 5) is 16.2. The second-order valence-electron chi connectivity index (χ2n) is 4.99. The summed E-state index contributed by atoms with van der Waals surface area (Å²) in [7, 11) is 1.60. The highest BCUT2D eigenvalue weighted by atomic mass is 35.5. The Morgan fingerprint density at radius 1 is 1.26 bits per heavy atom. The van der Waals surface area contributed by atoms with E-state index in [1.807, 2.05) is 24.3 Å². The van der Waals surface area contributed by atoms with Crippen LogP contribution in [0, 0.1) is 0 Å². The van der Waals surface area contributed by atoms with E-state index >= 15 is 0 Å². The first kappa shape index (κ1) is 17.2. The first-order chi connectivity index (χ1) is 11.2. The summed E-state index contributed by atoms with van der Waals surface area (Å²) in [5.41, 5.74) is 1.72. The number of pyridine rings is 1. The first-order valence-electron chi connectivity index (χ1n) is 7.40. The van der Waals surface area contributed by atoms with Gasteiger partial charge in [-0.25, -0.2) is 4.98 Å². The molecular weight excluding hydrogens is 314 g/mol. The third kappa shape index (κ3) is 5.88. The van der Waals surface area contributed by atoms with Crippen LogP contribution in [0.2, 0.25) is 5.02 Å². The number of carbonyl (C=O) groups is 1. The normalized spacial score (nSPS) is 10.3. The molecule has 0 unspecified atom stereocenters. The molecule has 6 heteroatoms. The minimum absolute atomic E-state index is 0.137. The SMILES string of the molecule is COCCNC(=O)c1ccnc(NCCc2cccc(Cl)c2)c1. The topological polar surface area (TPSA) is 63.2 Å². The van der Waals surface area contributed by atoms with E-state index in [9.17, 15) is 4.79 Å². The number of nitrogens with zero attached hydrogens (tertiary/aromatic N) is 1. The van der Waals surface area contributed by atoms with E-state index in [2.05, 4.69) is 15.6 Å². The lowest BCUT2D eigenvalue weighted by Gasteiger charge is -2.08. The minimum atomic E-state index is -0.137. The Morgan fingerprint density at radius 3 is 2.91 bits per heavy atom. The Hall–Kier alpha value is -2.11. The van der Waals surface area contributed by atoms with Gasteiger partial charge in [0.25, 0.3) is 5.91 Å². The number of hydrogen-bond acceptors (Lipinski definition) is 4. The van der Waals surface area contributed by atoms with Crippen LogP contribution in [0.1, 0.15) is 15.9 Å². The zero-order chi connectivity index (χ0) is 16.5. The summed E-state index contributed by atoms with van der Waals surface area (Å²) in [6, 6.07) is 11.2. The summed E-state index contributed by atoms with van der Waals surface area (Å²) in [6.45, 7) is 1.68.